The van der Waals surface area contributed by atoms with E-state index in [0.717, 1.165) is 24.6 Å². The molecule has 4 nitrogen and oxygen atoms in total. The second-order valence-electron chi connectivity index (χ2n) is 4.79. The zero-order valence-corrected chi connectivity index (χ0v) is 13.7. The van der Waals surface area contributed by atoms with Crippen LogP contribution in [0.2, 0.25) is 0 Å². The first-order valence-corrected chi connectivity index (χ1v) is 8.89. The van der Waals surface area contributed by atoms with Gasteiger partial charge in [-0.3, -0.25) is 4.79 Å². The number of carbonyl (C=O) groups excluding carboxylic acids is 1. The molecule has 3 rings (SSSR count). The molecule has 0 atom stereocenters. The highest BCUT2D eigenvalue weighted by Crippen LogP contribution is 2.29. The van der Waals surface area contributed by atoms with Crippen molar-refractivity contribution in [3.8, 4) is 16.3 Å². The van der Waals surface area contributed by atoms with Gasteiger partial charge < -0.3 is 9.64 Å². The third-order valence-corrected chi connectivity index (χ3v) is 5.25. The van der Waals surface area contributed by atoms with Crippen LogP contribution >= 0.6 is 23.1 Å². The van der Waals surface area contributed by atoms with E-state index in [4.69, 9.17) is 4.74 Å². The number of hydrogen-bond donors (Lipinski definition) is 0. The second kappa shape index (κ2) is 6.66. The van der Waals surface area contributed by atoms with Crippen LogP contribution in [0.25, 0.3) is 10.6 Å². The van der Waals surface area contributed by atoms with Gasteiger partial charge in [-0.1, -0.05) is 0 Å². The predicted molar refractivity (Wildman–Crippen MR) is 87.3 cm³/mol. The summed E-state index contributed by atoms with van der Waals surface area (Å²) < 4.78 is 19.1. The van der Waals surface area contributed by atoms with Crippen LogP contribution in [-0.4, -0.2) is 47.5 Å². The van der Waals surface area contributed by atoms with Crippen molar-refractivity contribution in [1.82, 2.24) is 9.88 Å². The maximum atomic E-state index is 14.1. The van der Waals surface area contributed by atoms with Crippen LogP contribution in [0.4, 0.5) is 4.39 Å². The van der Waals surface area contributed by atoms with E-state index in [1.54, 1.807) is 22.4 Å². The van der Waals surface area contributed by atoms with Gasteiger partial charge in [-0.05, 0) is 12.1 Å². The van der Waals surface area contributed by atoms with Crippen molar-refractivity contribution in [1.29, 1.82) is 0 Å². The van der Waals surface area contributed by atoms with Gasteiger partial charge in [0.05, 0.1) is 7.11 Å². The van der Waals surface area contributed by atoms with Crippen LogP contribution in [0, 0.1) is 5.82 Å². The number of aromatic nitrogens is 1. The normalized spacial score (nSPS) is 14.9. The summed E-state index contributed by atoms with van der Waals surface area (Å²) in [7, 11) is 1.49. The van der Waals surface area contributed by atoms with E-state index in [0.29, 0.717) is 22.0 Å². The third kappa shape index (κ3) is 3.10. The van der Waals surface area contributed by atoms with Crippen molar-refractivity contribution in [2.24, 2.45) is 0 Å². The van der Waals surface area contributed by atoms with E-state index in [9.17, 15) is 9.18 Å². The fraction of sp³-hybridized carbons (Fsp3) is 0.333. The number of carbonyl (C=O) groups is 1. The molecule has 1 amide bonds. The van der Waals surface area contributed by atoms with E-state index in [2.05, 4.69) is 4.98 Å². The van der Waals surface area contributed by atoms with Gasteiger partial charge in [0.1, 0.15) is 22.3 Å². The second-order valence-corrected chi connectivity index (χ2v) is 6.87. The molecule has 1 aromatic carbocycles. The maximum absolute atomic E-state index is 14.1. The molecule has 0 bridgehead atoms. The minimum atomic E-state index is -0.401. The maximum Gasteiger partial charge on any atom is 0.273 e. The van der Waals surface area contributed by atoms with Gasteiger partial charge >= 0.3 is 0 Å². The molecule has 116 valence electrons. The van der Waals surface area contributed by atoms with Crippen molar-refractivity contribution < 1.29 is 13.9 Å². The van der Waals surface area contributed by atoms with Crippen molar-refractivity contribution in [2.45, 2.75) is 0 Å². The van der Waals surface area contributed by atoms with E-state index in [1.165, 1.54) is 24.5 Å². The number of nitrogens with zero attached hydrogens (tertiary/aromatic N) is 2. The van der Waals surface area contributed by atoms with Crippen LogP contribution in [-0.2, 0) is 0 Å². The molecule has 0 aliphatic carbocycles. The van der Waals surface area contributed by atoms with Crippen molar-refractivity contribution in [3.05, 3.63) is 35.1 Å². The summed E-state index contributed by atoms with van der Waals surface area (Å²) in [5, 5.41) is 2.21. The summed E-state index contributed by atoms with van der Waals surface area (Å²) in [6, 6.07) is 4.63. The van der Waals surface area contributed by atoms with E-state index >= 15 is 0 Å². The Morgan fingerprint density at radius 1 is 1.36 bits per heavy atom. The zero-order valence-electron chi connectivity index (χ0n) is 12.0. The smallest absolute Gasteiger partial charge is 0.273 e. The van der Waals surface area contributed by atoms with Gasteiger partial charge in [-0.25, -0.2) is 9.37 Å². The fourth-order valence-electron chi connectivity index (χ4n) is 2.22. The lowest BCUT2D eigenvalue weighted by atomic mass is 10.2. The SMILES string of the molecule is COc1ccc(-c2nc(C(=O)N3CCSCC3)cs2)c(F)c1. The Bertz CT molecular complexity index is 684. The Morgan fingerprint density at radius 2 is 2.14 bits per heavy atom. The Kier molecular flexibility index (Phi) is 4.63. The van der Waals surface area contributed by atoms with Crippen molar-refractivity contribution in [3.63, 3.8) is 0 Å². The molecule has 1 aliphatic rings. The van der Waals surface area contributed by atoms with Crippen LogP contribution in [0.3, 0.4) is 0 Å². The number of hydrogen-bond acceptors (Lipinski definition) is 5. The minimum absolute atomic E-state index is 0.0725. The molecule has 0 spiro atoms. The number of amides is 1. The van der Waals surface area contributed by atoms with E-state index < -0.39 is 5.82 Å². The van der Waals surface area contributed by atoms with Crippen LogP contribution in [0.5, 0.6) is 5.75 Å². The highest BCUT2D eigenvalue weighted by molar-refractivity contribution is 7.99. The van der Waals surface area contributed by atoms with Crippen molar-refractivity contribution in [2.75, 3.05) is 31.7 Å². The topological polar surface area (TPSA) is 42.4 Å². The molecule has 0 unspecified atom stereocenters. The summed E-state index contributed by atoms with van der Waals surface area (Å²) in [5.74, 6) is 1.89. The highest BCUT2D eigenvalue weighted by atomic mass is 32.2. The number of thioether (sulfide) groups is 1. The number of methoxy groups -OCH3 is 1. The third-order valence-electron chi connectivity index (χ3n) is 3.43. The van der Waals surface area contributed by atoms with Gasteiger partial charge in [0.25, 0.3) is 5.91 Å². The summed E-state index contributed by atoms with van der Waals surface area (Å²) >= 11 is 3.12. The Balaban J connectivity index is 1.82. The largest absolute Gasteiger partial charge is 0.497 e. The lowest BCUT2D eigenvalue weighted by Crippen LogP contribution is -2.38. The van der Waals surface area contributed by atoms with Gasteiger partial charge in [-0.2, -0.15) is 11.8 Å². The molecular formula is C15H15FN2O2S2. The molecule has 0 N–H and O–H groups in total. The number of rotatable bonds is 3. The lowest BCUT2D eigenvalue weighted by Gasteiger charge is -2.25. The molecule has 22 heavy (non-hydrogen) atoms. The Hall–Kier alpha value is -1.60. The zero-order chi connectivity index (χ0) is 15.5. The summed E-state index contributed by atoms with van der Waals surface area (Å²) in [4.78, 5) is 18.5. The highest BCUT2D eigenvalue weighted by Gasteiger charge is 2.21. The summed E-state index contributed by atoms with van der Waals surface area (Å²) in [5.41, 5.74) is 0.779. The molecule has 7 heteroatoms. The standard InChI is InChI=1S/C15H15FN2O2S2/c1-20-10-2-3-11(12(16)8-10)14-17-13(9-22-14)15(19)18-4-6-21-7-5-18/h2-3,8-9H,4-7H2,1H3. The van der Waals surface area contributed by atoms with Crippen LogP contribution < -0.4 is 4.74 Å². The quantitative estimate of drug-likeness (QED) is 0.862. The molecule has 1 aliphatic heterocycles. The summed E-state index contributed by atoms with van der Waals surface area (Å²) in [6.07, 6.45) is 0. The molecule has 0 saturated carbocycles. The van der Waals surface area contributed by atoms with Crippen LogP contribution in [0.15, 0.2) is 23.6 Å². The first-order valence-electron chi connectivity index (χ1n) is 6.85. The van der Waals surface area contributed by atoms with Crippen LogP contribution in [0.1, 0.15) is 10.5 Å². The average Bonchev–Trinajstić information content (AvgIpc) is 3.04. The molecular weight excluding hydrogens is 323 g/mol. The molecule has 0 radical (unpaired) electrons. The first kappa shape index (κ1) is 15.3. The van der Waals surface area contributed by atoms with Gasteiger partial charge in [0, 0.05) is 41.6 Å². The number of ether oxygens (including phenoxy) is 1. The number of benzene rings is 1. The lowest BCUT2D eigenvalue weighted by molar-refractivity contribution is 0.0767. The number of halogens is 1. The van der Waals surface area contributed by atoms with Gasteiger partial charge in [-0.15, -0.1) is 11.3 Å². The molecule has 2 heterocycles. The van der Waals surface area contributed by atoms with Gasteiger partial charge in [0.2, 0.25) is 0 Å². The Labute approximate surface area is 136 Å². The predicted octanol–water partition coefficient (Wildman–Crippen LogP) is 3.15. The molecule has 1 saturated heterocycles. The monoisotopic (exact) mass is 338 g/mol. The van der Waals surface area contributed by atoms with E-state index in [-0.39, 0.29) is 5.91 Å². The van der Waals surface area contributed by atoms with E-state index in [1.807, 2.05) is 11.8 Å². The summed E-state index contributed by atoms with van der Waals surface area (Å²) in [6.45, 7) is 1.49. The minimum Gasteiger partial charge on any atom is -0.497 e. The molecule has 1 fully saturated rings. The van der Waals surface area contributed by atoms with Gasteiger partial charge in [0.15, 0.2) is 0 Å². The van der Waals surface area contributed by atoms with Crippen molar-refractivity contribution >= 4 is 29.0 Å². The molecule has 1 aromatic heterocycles. The fourth-order valence-corrected chi connectivity index (χ4v) is 3.94. The molecule has 2 aromatic rings. The number of thiazole rings is 1. The Morgan fingerprint density at radius 3 is 2.82 bits per heavy atom. The first-order chi connectivity index (χ1) is 10.7. The average molecular weight is 338 g/mol.